The third-order valence-corrected chi connectivity index (χ3v) is 6.47. The summed E-state index contributed by atoms with van der Waals surface area (Å²) in [6.07, 6.45) is 3.23. The molecule has 0 unspecified atom stereocenters. The number of fused-ring (bicyclic) bond motifs is 5. The smallest absolute Gasteiger partial charge is 0.224 e. The Balaban J connectivity index is 1.97. The molecule has 30 heavy (non-hydrogen) atoms. The van der Waals surface area contributed by atoms with Crippen molar-refractivity contribution in [2.75, 3.05) is 0 Å². The minimum atomic E-state index is 0.222. The first-order valence-electron chi connectivity index (χ1n) is 11.2. The fourth-order valence-corrected chi connectivity index (χ4v) is 5.38. The first kappa shape index (κ1) is 16.6. The largest absolute Gasteiger partial charge is 0.307 e. The van der Waals surface area contributed by atoms with E-state index in [9.17, 15) is 0 Å². The van der Waals surface area contributed by atoms with E-state index in [0.717, 1.165) is 11.8 Å². The predicted molar refractivity (Wildman–Crippen MR) is 128 cm³/mol. The van der Waals surface area contributed by atoms with Gasteiger partial charge in [0.25, 0.3) is 0 Å². The highest BCUT2D eigenvalue weighted by molar-refractivity contribution is 6.25. The van der Waals surface area contributed by atoms with Gasteiger partial charge in [-0.2, -0.15) is 0 Å². The molecule has 0 radical (unpaired) electrons. The van der Waals surface area contributed by atoms with Crippen molar-refractivity contribution in [2.24, 2.45) is 12.5 Å². The van der Waals surface area contributed by atoms with Crippen molar-refractivity contribution in [1.29, 1.82) is 0 Å². The first-order valence-corrected chi connectivity index (χ1v) is 10.7. The van der Waals surface area contributed by atoms with Crippen molar-refractivity contribution >= 4 is 49.0 Å². The molecule has 6 rings (SSSR count). The Bertz CT molecular complexity index is 1660. The van der Waals surface area contributed by atoms with Crippen LogP contribution in [0.2, 0.25) is 0 Å². The molecular weight excluding hydrogens is 364 g/mol. The Morgan fingerprint density at radius 3 is 2.60 bits per heavy atom. The Morgan fingerprint density at radius 1 is 0.967 bits per heavy atom. The average Bonchev–Trinajstić information content (AvgIpc) is 3.01. The lowest BCUT2D eigenvalue weighted by atomic mass is 9.87. The van der Waals surface area contributed by atoms with E-state index in [1.165, 1.54) is 54.7 Å². The third-order valence-electron chi connectivity index (χ3n) is 6.47. The third kappa shape index (κ3) is 2.28. The second-order valence-corrected chi connectivity index (χ2v) is 10.0. The quantitative estimate of drug-likeness (QED) is 0.167. The summed E-state index contributed by atoms with van der Waals surface area (Å²) in [5, 5.41) is 6.32. The van der Waals surface area contributed by atoms with Gasteiger partial charge in [-0.25, -0.2) is 4.57 Å². The van der Waals surface area contributed by atoms with Crippen molar-refractivity contribution in [3.63, 3.8) is 0 Å². The van der Waals surface area contributed by atoms with Gasteiger partial charge in [0.15, 0.2) is 6.20 Å². The molecule has 0 amide bonds. The van der Waals surface area contributed by atoms with Crippen LogP contribution in [0.15, 0.2) is 60.8 Å². The molecule has 0 N–H and O–H groups in total. The summed E-state index contributed by atoms with van der Waals surface area (Å²) >= 11 is 0. The molecule has 3 heterocycles. The summed E-state index contributed by atoms with van der Waals surface area (Å²) in [5.74, 6) is 0. The van der Waals surface area contributed by atoms with Crippen LogP contribution in [0.4, 0.5) is 0 Å². The molecule has 2 nitrogen and oxygen atoms in total. The number of benzene rings is 3. The summed E-state index contributed by atoms with van der Waals surface area (Å²) in [5.41, 5.74) is 7.89. The molecule has 6 aromatic rings. The normalized spacial score (nSPS) is 13.4. The Labute approximate surface area is 178 Å². The number of pyridine rings is 2. The van der Waals surface area contributed by atoms with Crippen LogP contribution < -0.4 is 4.57 Å². The maximum atomic E-state index is 8.23. The topological polar surface area (TPSA) is 8.29 Å². The van der Waals surface area contributed by atoms with Crippen LogP contribution in [0.1, 0.15) is 33.3 Å². The van der Waals surface area contributed by atoms with Crippen LogP contribution >= 0.6 is 0 Å². The van der Waals surface area contributed by atoms with Gasteiger partial charge in [-0.05, 0) is 47.4 Å². The molecule has 0 atom stereocenters. The number of aryl methyl sites for hydroxylation is 2. The molecule has 0 aliphatic carbocycles. The van der Waals surface area contributed by atoms with Gasteiger partial charge in [-0.15, -0.1) is 0 Å². The van der Waals surface area contributed by atoms with Crippen LogP contribution in [-0.2, 0) is 13.5 Å². The highest BCUT2D eigenvalue weighted by Gasteiger charge is 2.24. The molecule has 0 bridgehead atoms. The molecule has 148 valence electrons. The molecule has 0 saturated heterocycles. The average molecular weight is 393 g/mol. The number of rotatable bonds is 1. The molecule has 0 spiro atoms. The molecule has 0 saturated carbocycles. The Hall–Kier alpha value is -3.13. The highest BCUT2D eigenvalue weighted by atomic mass is 15.0. The monoisotopic (exact) mass is 392 g/mol. The lowest BCUT2D eigenvalue weighted by molar-refractivity contribution is -0.643. The zero-order chi connectivity index (χ0) is 21.7. The van der Waals surface area contributed by atoms with Crippen LogP contribution in [-0.4, -0.2) is 4.40 Å². The number of hydrogen-bond acceptors (Lipinski definition) is 0. The molecule has 0 aliphatic rings. The molecule has 3 aromatic heterocycles. The van der Waals surface area contributed by atoms with Crippen LogP contribution in [0.25, 0.3) is 49.0 Å². The van der Waals surface area contributed by atoms with Crippen molar-refractivity contribution in [2.45, 2.75) is 34.1 Å². The minimum absolute atomic E-state index is 0.222. The van der Waals surface area contributed by atoms with E-state index in [-0.39, 0.29) is 5.41 Å². The van der Waals surface area contributed by atoms with Gasteiger partial charge in [0.05, 0.1) is 28.7 Å². The maximum Gasteiger partial charge on any atom is 0.224 e. The zero-order valence-corrected chi connectivity index (χ0v) is 18.3. The molecule has 3 aromatic carbocycles. The van der Waals surface area contributed by atoms with Crippen LogP contribution in [0.5, 0.6) is 0 Å². The molecular formula is C28H27N2+. The van der Waals surface area contributed by atoms with Gasteiger partial charge in [-0.3, -0.25) is 0 Å². The lowest BCUT2D eigenvalue weighted by Crippen LogP contribution is -2.29. The van der Waals surface area contributed by atoms with Crippen molar-refractivity contribution in [3.05, 3.63) is 71.9 Å². The number of nitrogens with zero attached hydrogens (tertiary/aromatic N) is 2. The highest BCUT2D eigenvalue weighted by Crippen LogP contribution is 2.41. The molecule has 0 aliphatic heterocycles. The predicted octanol–water partition coefficient (Wildman–Crippen LogP) is 6.71. The number of hydrogen-bond donors (Lipinski definition) is 0. The van der Waals surface area contributed by atoms with Gasteiger partial charge in [0.1, 0.15) is 7.05 Å². The van der Waals surface area contributed by atoms with Crippen molar-refractivity contribution in [1.82, 2.24) is 4.40 Å². The second-order valence-electron chi connectivity index (χ2n) is 10.0. The summed E-state index contributed by atoms with van der Waals surface area (Å²) in [6, 6.07) is 18.1. The van der Waals surface area contributed by atoms with Crippen LogP contribution in [0, 0.1) is 12.3 Å². The number of aromatic nitrogens is 2. The second kappa shape index (κ2) is 5.72. The van der Waals surface area contributed by atoms with Crippen molar-refractivity contribution in [3.8, 4) is 0 Å². The van der Waals surface area contributed by atoms with E-state index < -0.39 is 0 Å². The SMILES string of the molecule is [2H]c1ccc2c(c1)c1ccc(C)c3c1n2c1cc(CC(C)(C)C)cc2cc[n+](C)c3c21. The first-order chi connectivity index (χ1) is 14.7. The zero-order valence-electron chi connectivity index (χ0n) is 19.3. The standard InChI is InChI=1S/C28H27N2/c1-17-10-11-21-20-8-6-7-9-22(20)30-23-15-18(16-28(2,3)4)14-19-12-13-29(5)27(25(19)23)24(17)26(21)30/h6-15H,16H2,1-5H3/q+1/i6D. The van der Waals surface area contributed by atoms with Gasteiger partial charge in [0.2, 0.25) is 5.52 Å². The fraction of sp³-hybridized carbons (Fsp3) is 0.250. The summed E-state index contributed by atoms with van der Waals surface area (Å²) < 4.78 is 13.0. The Kier molecular flexibility index (Phi) is 3.18. The van der Waals surface area contributed by atoms with E-state index in [1.54, 1.807) is 0 Å². The van der Waals surface area contributed by atoms with Gasteiger partial charge in [-0.1, -0.05) is 57.1 Å². The lowest BCUT2D eigenvalue weighted by Gasteiger charge is -2.20. The summed E-state index contributed by atoms with van der Waals surface area (Å²) in [4.78, 5) is 0. The van der Waals surface area contributed by atoms with E-state index in [1.807, 2.05) is 12.1 Å². The maximum absolute atomic E-state index is 8.23. The van der Waals surface area contributed by atoms with E-state index in [0.29, 0.717) is 6.04 Å². The van der Waals surface area contributed by atoms with E-state index in [2.05, 4.69) is 86.3 Å². The van der Waals surface area contributed by atoms with Crippen LogP contribution in [0.3, 0.4) is 0 Å². The van der Waals surface area contributed by atoms with E-state index >= 15 is 0 Å². The van der Waals surface area contributed by atoms with Crippen molar-refractivity contribution < 1.29 is 5.94 Å². The van der Waals surface area contributed by atoms with E-state index in [4.69, 9.17) is 1.37 Å². The fourth-order valence-electron chi connectivity index (χ4n) is 5.38. The summed E-state index contributed by atoms with van der Waals surface area (Å²) in [7, 11) is 2.15. The molecule has 2 heteroatoms. The summed E-state index contributed by atoms with van der Waals surface area (Å²) in [6.45, 7) is 9.12. The number of para-hydroxylation sites is 1. The van der Waals surface area contributed by atoms with Gasteiger partial charge < -0.3 is 4.40 Å². The minimum Gasteiger partial charge on any atom is -0.307 e. The van der Waals surface area contributed by atoms with Gasteiger partial charge >= 0.3 is 0 Å². The van der Waals surface area contributed by atoms with Gasteiger partial charge in [0, 0.05) is 16.8 Å². The Morgan fingerprint density at radius 2 is 1.80 bits per heavy atom. The molecule has 0 fully saturated rings.